The van der Waals surface area contributed by atoms with E-state index < -0.39 is 12.1 Å². The van der Waals surface area contributed by atoms with Crippen molar-refractivity contribution in [2.24, 2.45) is 0 Å². The number of carboxylic acids is 1. The summed E-state index contributed by atoms with van der Waals surface area (Å²) in [6.45, 7) is 3.53. The van der Waals surface area contributed by atoms with Crippen molar-refractivity contribution in [2.75, 3.05) is 0 Å². The number of carboxylic acid groups (broad SMARTS) is 1. The van der Waals surface area contributed by atoms with Crippen LogP contribution < -0.4 is 0 Å². The standard InChI is InChI=1S/C12H16O3/c1-3-11(15-9(2)12(13)14)10-7-5-4-6-8-10/h4-9,11H,3H2,1-2H3,(H,13,14). The Bertz CT molecular complexity index is 308. The largest absolute Gasteiger partial charge is 0.479 e. The average Bonchev–Trinajstić information content (AvgIpc) is 2.26. The van der Waals surface area contributed by atoms with Gasteiger partial charge in [-0.3, -0.25) is 0 Å². The van der Waals surface area contributed by atoms with Crippen molar-refractivity contribution >= 4 is 5.97 Å². The van der Waals surface area contributed by atoms with Crippen LogP contribution in [0.2, 0.25) is 0 Å². The summed E-state index contributed by atoms with van der Waals surface area (Å²) >= 11 is 0. The number of aliphatic carboxylic acids is 1. The van der Waals surface area contributed by atoms with Crippen LogP contribution in [0, 0.1) is 0 Å². The Kier molecular flexibility index (Phi) is 4.31. The molecule has 0 bridgehead atoms. The minimum absolute atomic E-state index is 0.141. The zero-order valence-corrected chi connectivity index (χ0v) is 9.01. The zero-order valence-electron chi connectivity index (χ0n) is 9.01. The van der Waals surface area contributed by atoms with E-state index in [-0.39, 0.29) is 6.10 Å². The van der Waals surface area contributed by atoms with Crippen LogP contribution in [0.1, 0.15) is 31.9 Å². The molecule has 1 rings (SSSR count). The van der Waals surface area contributed by atoms with Crippen LogP contribution in [-0.4, -0.2) is 17.2 Å². The monoisotopic (exact) mass is 208 g/mol. The van der Waals surface area contributed by atoms with E-state index in [1.807, 2.05) is 37.3 Å². The Hall–Kier alpha value is -1.35. The summed E-state index contributed by atoms with van der Waals surface area (Å²) in [4.78, 5) is 10.7. The molecule has 1 aromatic rings. The molecule has 0 aliphatic rings. The second-order valence-corrected chi connectivity index (χ2v) is 3.42. The molecule has 0 saturated heterocycles. The highest BCUT2D eigenvalue weighted by Gasteiger charge is 2.18. The number of hydrogen-bond donors (Lipinski definition) is 1. The summed E-state index contributed by atoms with van der Waals surface area (Å²) in [6, 6.07) is 9.67. The summed E-state index contributed by atoms with van der Waals surface area (Å²) in [5, 5.41) is 8.75. The van der Waals surface area contributed by atoms with E-state index in [1.165, 1.54) is 0 Å². The van der Waals surface area contributed by atoms with Crippen LogP contribution in [0.3, 0.4) is 0 Å². The molecule has 0 amide bonds. The van der Waals surface area contributed by atoms with Gasteiger partial charge in [-0.2, -0.15) is 0 Å². The highest BCUT2D eigenvalue weighted by molar-refractivity contribution is 5.71. The van der Waals surface area contributed by atoms with E-state index in [9.17, 15) is 4.79 Å². The third kappa shape index (κ3) is 3.36. The first-order valence-electron chi connectivity index (χ1n) is 5.08. The van der Waals surface area contributed by atoms with Crippen LogP contribution in [-0.2, 0) is 9.53 Å². The van der Waals surface area contributed by atoms with Crippen molar-refractivity contribution in [3.63, 3.8) is 0 Å². The highest BCUT2D eigenvalue weighted by Crippen LogP contribution is 2.22. The maximum atomic E-state index is 10.7. The molecule has 0 aliphatic heterocycles. The molecule has 15 heavy (non-hydrogen) atoms. The van der Waals surface area contributed by atoms with Gasteiger partial charge in [0.1, 0.15) is 0 Å². The Balaban J connectivity index is 2.69. The SMILES string of the molecule is CCC(OC(C)C(=O)O)c1ccccc1. The summed E-state index contributed by atoms with van der Waals surface area (Å²) < 4.78 is 5.45. The number of hydrogen-bond acceptors (Lipinski definition) is 2. The van der Waals surface area contributed by atoms with Gasteiger partial charge in [-0.15, -0.1) is 0 Å². The average molecular weight is 208 g/mol. The molecule has 0 aliphatic carbocycles. The van der Waals surface area contributed by atoms with Crippen LogP contribution in [0.25, 0.3) is 0 Å². The van der Waals surface area contributed by atoms with Crippen molar-refractivity contribution in [1.29, 1.82) is 0 Å². The van der Waals surface area contributed by atoms with Crippen LogP contribution in [0.15, 0.2) is 30.3 Å². The predicted octanol–water partition coefficient (Wildman–Crippen LogP) is 2.63. The fourth-order valence-corrected chi connectivity index (χ4v) is 1.38. The van der Waals surface area contributed by atoms with Gasteiger partial charge in [0.2, 0.25) is 0 Å². The van der Waals surface area contributed by atoms with E-state index in [4.69, 9.17) is 9.84 Å². The smallest absolute Gasteiger partial charge is 0.332 e. The Morgan fingerprint density at radius 1 is 1.40 bits per heavy atom. The molecule has 0 fully saturated rings. The van der Waals surface area contributed by atoms with E-state index >= 15 is 0 Å². The second kappa shape index (κ2) is 5.51. The zero-order chi connectivity index (χ0) is 11.3. The maximum Gasteiger partial charge on any atom is 0.332 e. The topological polar surface area (TPSA) is 46.5 Å². The molecule has 3 heteroatoms. The number of rotatable bonds is 5. The van der Waals surface area contributed by atoms with E-state index in [1.54, 1.807) is 6.92 Å². The molecule has 3 nitrogen and oxygen atoms in total. The quantitative estimate of drug-likeness (QED) is 0.809. The van der Waals surface area contributed by atoms with E-state index in [0.29, 0.717) is 0 Å². The van der Waals surface area contributed by atoms with Gasteiger partial charge >= 0.3 is 5.97 Å². The third-order valence-electron chi connectivity index (χ3n) is 2.26. The summed E-state index contributed by atoms with van der Waals surface area (Å²) in [5.74, 6) is -0.926. The van der Waals surface area contributed by atoms with Gasteiger partial charge < -0.3 is 9.84 Å². The van der Waals surface area contributed by atoms with E-state index in [0.717, 1.165) is 12.0 Å². The van der Waals surface area contributed by atoms with E-state index in [2.05, 4.69) is 0 Å². The first kappa shape index (κ1) is 11.7. The van der Waals surface area contributed by atoms with Crippen LogP contribution in [0.4, 0.5) is 0 Å². The van der Waals surface area contributed by atoms with Crippen molar-refractivity contribution in [1.82, 2.24) is 0 Å². The van der Waals surface area contributed by atoms with Crippen molar-refractivity contribution in [3.8, 4) is 0 Å². The molecule has 1 N–H and O–H groups in total. The molecule has 0 heterocycles. The van der Waals surface area contributed by atoms with Gasteiger partial charge in [0, 0.05) is 0 Å². The third-order valence-corrected chi connectivity index (χ3v) is 2.26. The molecular formula is C12H16O3. The first-order chi connectivity index (χ1) is 7.15. The Morgan fingerprint density at radius 3 is 2.47 bits per heavy atom. The molecule has 0 spiro atoms. The first-order valence-corrected chi connectivity index (χ1v) is 5.08. The number of benzene rings is 1. The lowest BCUT2D eigenvalue weighted by Crippen LogP contribution is -2.22. The van der Waals surface area contributed by atoms with Crippen molar-refractivity contribution in [3.05, 3.63) is 35.9 Å². The molecule has 0 aromatic heterocycles. The maximum absolute atomic E-state index is 10.7. The van der Waals surface area contributed by atoms with Gasteiger partial charge in [-0.1, -0.05) is 37.3 Å². The number of carbonyl (C=O) groups is 1. The number of ether oxygens (including phenoxy) is 1. The minimum atomic E-state index is -0.926. The fraction of sp³-hybridized carbons (Fsp3) is 0.417. The van der Waals surface area contributed by atoms with Gasteiger partial charge in [-0.25, -0.2) is 4.79 Å². The Morgan fingerprint density at radius 2 is 2.00 bits per heavy atom. The summed E-state index contributed by atoms with van der Waals surface area (Å²) in [7, 11) is 0. The second-order valence-electron chi connectivity index (χ2n) is 3.42. The van der Waals surface area contributed by atoms with Gasteiger partial charge in [0.05, 0.1) is 6.10 Å². The molecule has 1 aromatic carbocycles. The van der Waals surface area contributed by atoms with Crippen LogP contribution in [0.5, 0.6) is 0 Å². The van der Waals surface area contributed by atoms with Crippen molar-refractivity contribution < 1.29 is 14.6 Å². The van der Waals surface area contributed by atoms with Gasteiger partial charge in [0.15, 0.2) is 6.10 Å². The summed E-state index contributed by atoms with van der Waals surface area (Å²) in [6.07, 6.45) is -0.144. The van der Waals surface area contributed by atoms with Crippen LogP contribution >= 0.6 is 0 Å². The molecule has 0 radical (unpaired) electrons. The van der Waals surface area contributed by atoms with Crippen molar-refractivity contribution in [2.45, 2.75) is 32.5 Å². The molecule has 82 valence electrons. The molecule has 2 unspecified atom stereocenters. The summed E-state index contributed by atoms with van der Waals surface area (Å²) in [5.41, 5.74) is 1.02. The predicted molar refractivity (Wildman–Crippen MR) is 57.7 cm³/mol. The normalized spacial score (nSPS) is 14.5. The molecule has 0 saturated carbocycles. The lowest BCUT2D eigenvalue weighted by molar-refractivity contribution is -0.153. The lowest BCUT2D eigenvalue weighted by atomic mass is 10.1. The minimum Gasteiger partial charge on any atom is -0.479 e. The highest BCUT2D eigenvalue weighted by atomic mass is 16.5. The molecular weight excluding hydrogens is 192 g/mol. The Labute approximate surface area is 89.7 Å². The lowest BCUT2D eigenvalue weighted by Gasteiger charge is -2.19. The van der Waals surface area contributed by atoms with Gasteiger partial charge in [0.25, 0.3) is 0 Å². The fourth-order valence-electron chi connectivity index (χ4n) is 1.38. The van der Waals surface area contributed by atoms with Gasteiger partial charge in [-0.05, 0) is 18.9 Å². The molecule has 2 atom stereocenters.